The summed E-state index contributed by atoms with van der Waals surface area (Å²) in [5.74, 6) is 0.619. The van der Waals surface area contributed by atoms with Gasteiger partial charge in [-0.1, -0.05) is 24.3 Å². The summed E-state index contributed by atoms with van der Waals surface area (Å²) in [6, 6.07) is 11.8. The standard InChI is InChI=1S/C20H25N3O2/c24-20(19-8-7-17-5-1-2-6-18(17)21-19)23-9-3-4-16(15-23)14-22-10-12-25-13-11-22/h1-2,5-8,16H,3-4,9-15H2. The highest BCUT2D eigenvalue weighted by Gasteiger charge is 2.27. The molecule has 1 aromatic carbocycles. The van der Waals surface area contributed by atoms with Gasteiger partial charge < -0.3 is 9.64 Å². The number of fused-ring (bicyclic) bond motifs is 1. The highest BCUT2D eigenvalue weighted by Crippen LogP contribution is 2.21. The second-order valence-electron chi connectivity index (χ2n) is 7.06. The van der Waals surface area contributed by atoms with E-state index >= 15 is 0 Å². The molecule has 4 rings (SSSR count). The van der Waals surface area contributed by atoms with Crippen molar-refractivity contribution >= 4 is 16.8 Å². The van der Waals surface area contributed by atoms with Gasteiger partial charge in [0.2, 0.25) is 0 Å². The third-order valence-electron chi connectivity index (χ3n) is 5.24. The summed E-state index contributed by atoms with van der Waals surface area (Å²) in [6.45, 7) is 6.43. The molecule has 1 aromatic heterocycles. The number of nitrogens with zero attached hydrogens (tertiary/aromatic N) is 3. The van der Waals surface area contributed by atoms with Gasteiger partial charge in [0.15, 0.2) is 0 Å². The molecule has 0 bridgehead atoms. The molecule has 0 spiro atoms. The molecule has 0 aliphatic carbocycles. The van der Waals surface area contributed by atoms with E-state index in [1.807, 2.05) is 41.3 Å². The third kappa shape index (κ3) is 3.83. The molecule has 0 radical (unpaired) electrons. The largest absolute Gasteiger partial charge is 0.379 e. The van der Waals surface area contributed by atoms with Gasteiger partial charge in [-0.3, -0.25) is 9.69 Å². The Balaban J connectivity index is 1.43. The van der Waals surface area contributed by atoms with Gasteiger partial charge in [-0.15, -0.1) is 0 Å². The minimum atomic E-state index is 0.0671. The molecule has 2 saturated heterocycles. The Kier molecular flexibility index (Phi) is 4.95. The number of hydrogen-bond donors (Lipinski definition) is 0. The zero-order chi connectivity index (χ0) is 17.1. The maximum absolute atomic E-state index is 12.9. The first kappa shape index (κ1) is 16.5. The number of morpholine rings is 1. The van der Waals surface area contributed by atoms with Crippen LogP contribution in [-0.4, -0.2) is 66.6 Å². The molecule has 5 heteroatoms. The van der Waals surface area contributed by atoms with Gasteiger partial charge in [-0.2, -0.15) is 0 Å². The second kappa shape index (κ2) is 7.50. The van der Waals surface area contributed by atoms with E-state index in [-0.39, 0.29) is 5.91 Å². The van der Waals surface area contributed by atoms with Gasteiger partial charge >= 0.3 is 0 Å². The van der Waals surface area contributed by atoms with Crippen LogP contribution in [0.1, 0.15) is 23.3 Å². The van der Waals surface area contributed by atoms with Gasteiger partial charge in [0, 0.05) is 38.1 Å². The molecule has 2 aromatic rings. The summed E-state index contributed by atoms with van der Waals surface area (Å²) < 4.78 is 5.43. The molecule has 1 unspecified atom stereocenters. The Hall–Kier alpha value is -1.98. The van der Waals surface area contributed by atoms with Crippen molar-refractivity contribution in [2.75, 3.05) is 45.9 Å². The van der Waals surface area contributed by atoms with Gasteiger partial charge in [-0.05, 0) is 30.9 Å². The molecule has 2 aliphatic heterocycles. The molecule has 3 heterocycles. The number of amides is 1. The van der Waals surface area contributed by atoms with E-state index in [1.165, 1.54) is 6.42 Å². The summed E-state index contributed by atoms with van der Waals surface area (Å²) in [5, 5.41) is 1.07. The lowest BCUT2D eigenvalue weighted by Crippen LogP contribution is -2.46. The molecule has 1 atom stereocenters. The Labute approximate surface area is 148 Å². The number of likely N-dealkylation sites (tertiary alicyclic amines) is 1. The highest BCUT2D eigenvalue weighted by atomic mass is 16.5. The lowest BCUT2D eigenvalue weighted by molar-refractivity contribution is 0.0223. The minimum Gasteiger partial charge on any atom is -0.379 e. The van der Waals surface area contributed by atoms with Crippen molar-refractivity contribution in [2.24, 2.45) is 5.92 Å². The van der Waals surface area contributed by atoms with Crippen LogP contribution in [0.15, 0.2) is 36.4 Å². The summed E-state index contributed by atoms with van der Waals surface area (Å²) in [7, 11) is 0. The van der Waals surface area contributed by atoms with Crippen LogP contribution in [-0.2, 0) is 4.74 Å². The maximum atomic E-state index is 12.9. The average molecular weight is 339 g/mol. The maximum Gasteiger partial charge on any atom is 0.272 e. The molecule has 2 aliphatic rings. The van der Waals surface area contributed by atoms with Crippen LogP contribution in [0.3, 0.4) is 0 Å². The molecule has 0 saturated carbocycles. The van der Waals surface area contributed by atoms with Crippen molar-refractivity contribution in [1.82, 2.24) is 14.8 Å². The number of pyridine rings is 1. The lowest BCUT2D eigenvalue weighted by atomic mass is 9.97. The number of carbonyl (C=O) groups excluding carboxylic acids is 1. The van der Waals surface area contributed by atoms with Gasteiger partial charge in [0.1, 0.15) is 5.69 Å². The number of hydrogen-bond acceptors (Lipinski definition) is 4. The number of piperidine rings is 1. The summed E-state index contributed by atoms with van der Waals surface area (Å²) in [4.78, 5) is 21.9. The average Bonchev–Trinajstić information content (AvgIpc) is 2.68. The van der Waals surface area contributed by atoms with Crippen molar-refractivity contribution in [3.05, 3.63) is 42.1 Å². The van der Waals surface area contributed by atoms with Gasteiger partial charge in [0.05, 0.1) is 18.7 Å². The van der Waals surface area contributed by atoms with E-state index in [1.54, 1.807) is 0 Å². The van der Waals surface area contributed by atoms with Crippen molar-refractivity contribution in [2.45, 2.75) is 12.8 Å². The van der Waals surface area contributed by atoms with Gasteiger partial charge in [0.25, 0.3) is 5.91 Å². The van der Waals surface area contributed by atoms with E-state index in [0.717, 1.165) is 63.3 Å². The van der Waals surface area contributed by atoms with Crippen LogP contribution in [0.25, 0.3) is 10.9 Å². The zero-order valence-corrected chi connectivity index (χ0v) is 14.6. The predicted molar refractivity (Wildman–Crippen MR) is 97.6 cm³/mol. The van der Waals surface area contributed by atoms with Crippen LogP contribution in [0.4, 0.5) is 0 Å². The SMILES string of the molecule is O=C(c1ccc2ccccc2n1)N1CCCC(CN2CCOCC2)C1. The van der Waals surface area contributed by atoms with Crippen LogP contribution >= 0.6 is 0 Å². The number of ether oxygens (including phenoxy) is 1. The van der Waals surface area contributed by atoms with Crippen LogP contribution in [0.5, 0.6) is 0 Å². The summed E-state index contributed by atoms with van der Waals surface area (Å²) in [6.07, 6.45) is 2.28. The van der Waals surface area contributed by atoms with Crippen molar-refractivity contribution in [3.8, 4) is 0 Å². The molecule has 25 heavy (non-hydrogen) atoms. The summed E-state index contributed by atoms with van der Waals surface area (Å²) >= 11 is 0. The summed E-state index contributed by atoms with van der Waals surface area (Å²) in [5.41, 5.74) is 1.45. The fourth-order valence-electron chi connectivity index (χ4n) is 3.89. The third-order valence-corrected chi connectivity index (χ3v) is 5.24. The topological polar surface area (TPSA) is 45.7 Å². The van der Waals surface area contributed by atoms with Crippen molar-refractivity contribution in [1.29, 1.82) is 0 Å². The second-order valence-corrected chi connectivity index (χ2v) is 7.06. The molecule has 0 N–H and O–H groups in total. The number of rotatable bonds is 3. The highest BCUT2D eigenvalue weighted by molar-refractivity contribution is 5.95. The predicted octanol–water partition coefficient (Wildman–Crippen LogP) is 2.42. The smallest absolute Gasteiger partial charge is 0.272 e. The monoisotopic (exact) mass is 339 g/mol. The normalized spacial score (nSPS) is 22.2. The van der Waals surface area contributed by atoms with E-state index in [9.17, 15) is 4.79 Å². The molecule has 2 fully saturated rings. The Morgan fingerprint density at radius 3 is 2.84 bits per heavy atom. The minimum absolute atomic E-state index is 0.0671. The Morgan fingerprint density at radius 1 is 1.12 bits per heavy atom. The first-order valence-corrected chi connectivity index (χ1v) is 9.25. The Morgan fingerprint density at radius 2 is 1.96 bits per heavy atom. The fraction of sp³-hybridized carbons (Fsp3) is 0.500. The lowest BCUT2D eigenvalue weighted by Gasteiger charge is -2.36. The first-order valence-electron chi connectivity index (χ1n) is 9.25. The Bertz CT molecular complexity index is 743. The first-order chi connectivity index (χ1) is 12.3. The molecule has 1 amide bonds. The number of para-hydroxylation sites is 1. The van der Waals surface area contributed by atoms with Gasteiger partial charge in [-0.25, -0.2) is 4.98 Å². The van der Waals surface area contributed by atoms with E-state index in [2.05, 4.69) is 9.88 Å². The quantitative estimate of drug-likeness (QED) is 0.862. The van der Waals surface area contributed by atoms with E-state index < -0.39 is 0 Å². The van der Waals surface area contributed by atoms with Crippen LogP contribution < -0.4 is 0 Å². The van der Waals surface area contributed by atoms with E-state index in [4.69, 9.17) is 4.74 Å². The zero-order valence-electron chi connectivity index (χ0n) is 14.6. The molecular formula is C20H25N3O2. The molecule has 132 valence electrons. The number of benzene rings is 1. The number of carbonyl (C=O) groups is 1. The van der Waals surface area contributed by atoms with Crippen LogP contribution in [0, 0.1) is 5.92 Å². The van der Waals surface area contributed by atoms with E-state index in [0.29, 0.717) is 11.6 Å². The molecule has 5 nitrogen and oxygen atoms in total. The molecular weight excluding hydrogens is 314 g/mol. The van der Waals surface area contributed by atoms with Crippen LogP contribution in [0.2, 0.25) is 0 Å². The van der Waals surface area contributed by atoms with Crippen molar-refractivity contribution in [3.63, 3.8) is 0 Å². The number of aromatic nitrogens is 1. The van der Waals surface area contributed by atoms with Crippen molar-refractivity contribution < 1.29 is 9.53 Å². The fourth-order valence-corrected chi connectivity index (χ4v) is 3.89.